The van der Waals surface area contributed by atoms with Crippen molar-refractivity contribution in [3.8, 4) is 6.07 Å². The number of carbonyl (C=O) groups excluding carboxylic acids is 2. The summed E-state index contributed by atoms with van der Waals surface area (Å²) in [7, 11) is 0. The standard InChI is InChI=1S/C23H16N2O2/c1-25-21(23(27)19-13-7-3-8-14-19)16-10-4-9-15-20(17-24)22(26)18-11-5-2-6-12-18/h2-16,20H. The Hall–Kier alpha value is -4.02. The largest absolute Gasteiger partial charge is 0.302 e. The van der Waals surface area contributed by atoms with Crippen LogP contribution < -0.4 is 0 Å². The molecule has 1 atom stereocenters. The Morgan fingerprint density at radius 1 is 0.926 bits per heavy atom. The van der Waals surface area contributed by atoms with Gasteiger partial charge in [0.1, 0.15) is 5.92 Å². The number of rotatable bonds is 7. The van der Waals surface area contributed by atoms with Crippen molar-refractivity contribution in [1.29, 1.82) is 5.26 Å². The van der Waals surface area contributed by atoms with Crippen molar-refractivity contribution < 1.29 is 9.59 Å². The quantitative estimate of drug-likeness (QED) is 0.311. The van der Waals surface area contributed by atoms with Gasteiger partial charge < -0.3 is 4.79 Å². The molecule has 0 bridgehead atoms. The third kappa shape index (κ3) is 5.49. The van der Waals surface area contributed by atoms with E-state index in [1.54, 1.807) is 72.8 Å². The molecule has 2 rings (SSSR count). The van der Waals surface area contributed by atoms with Crippen LogP contribution >= 0.6 is 0 Å². The molecule has 2 aromatic rings. The molecular weight excluding hydrogens is 336 g/mol. The lowest BCUT2D eigenvalue weighted by Gasteiger charge is -2.02. The van der Waals surface area contributed by atoms with Gasteiger partial charge in [0.2, 0.25) is 5.70 Å². The van der Waals surface area contributed by atoms with Crippen molar-refractivity contribution in [1.82, 2.24) is 0 Å². The van der Waals surface area contributed by atoms with Gasteiger partial charge in [0, 0.05) is 11.1 Å². The number of carbonyl (C=O) groups is 2. The molecule has 2 aromatic carbocycles. The maximum Gasteiger partial charge on any atom is 0.234 e. The van der Waals surface area contributed by atoms with E-state index in [-0.39, 0.29) is 17.3 Å². The molecule has 130 valence electrons. The van der Waals surface area contributed by atoms with Gasteiger partial charge in [-0.15, -0.1) is 0 Å². The molecule has 0 aliphatic heterocycles. The summed E-state index contributed by atoms with van der Waals surface area (Å²) in [5.41, 5.74) is 0.908. The van der Waals surface area contributed by atoms with Crippen LogP contribution in [0.3, 0.4) is 0 Å². The number of ketones is 2. The van der Waals surface area contributed by atoms with Crippen LogP contribution in [0.25, 0.3) is 4.85 Å². The highest BCUT2D eigenvalue weighted by Crippen LogP contribution is 2.11. The number of nitriles is 1. The minimum absolute atomic E-state index is 0.0111. The third-order valence-electron chi connectivity index (χ3n) is 3.65. The van der Waals surface area contributed by atoms with Crippen molar-refractivity contribution in [3.05, 3.63) is 119 Å². The topological polar surface area (TPSA) is 62.3 Å². The van der Waals surface area contributed by atoms with Crippen molar-refractivity contribution in [2.24, 2.45) is 5.92 Å². The van der Waals surface area contributed by atoms with Gasteiger partial charge in [-0.25, -0.2) is 4.85 Å². The number of hydrogen-bond acceptors (Lipinski definition) is 3. The smallest absolute Gasteiger partial charge is 0.234 e. The van der Waals surface area contributed by atoms with Crippen LogP contribution in [0.15, 0.2) is 96.7 Å². The third-order valence-corrected chi connectivity index (χ3v) is 3.65. The zero-order chi connectivity index (χ0) is 19.5. The molecule has 4 heteroatoms. The second-order valence-electron chi connectivity index (χ2n) is 5.47. The highest BCUT2D eigenvalue weighted by Gasteiger charge is 2.15. The fourth-order valence-electron chi connectivity index (χ4n) is 2.26. The first-order valence-electron chi connectivity index (χ1n) is 8.18. The molecule has 0 saturated heterocycles. The second-order valence-corrected chi connectivity index (χ2v) is 5.47. The molecule has 4 nitrogen and oxygen atoms in total. The summed E-state index contributed by atoms with van der Waals surface area (Å²) in [6, 6.07) is 19.1. The minimum atomic E-state index is -0.896. The normalized spacial score (nSPS) is 12.4. The molecule has 0 heterocycles. The molecule has 0 N–H and O–H groups in total. The van der Waals surface area contributed by atoms with Crippen LogP contribution in [-0.4, -0.2) is 11.6 Å². The van der Waals surface area contributed by atoms with Gasteiger partial charge in [-0.1, -0.05) is 91.0 Å². The van der Waals surface area contributed by atoms with Gasteiger partial charge in [0.25, 0.3) is 0 Å². The predicted octanol–water partition coefficient (Wildman–Crippen LogP) is 4.81. The van der Waals surface area contributed by atoms with E-state index in [4.69, 9.17) is 6.57 Å². The highest BCUT2D eigenvalue weighted by atomic mass is 16.1. The number of hydrogen-bond donors (Lipinski definition) is 0. The Bertz CT molecular complexity index is 973. The van der Waals surface area contributed by atoms with Crippen molar-refractivity contribution >= 4 is 11.6 Å². The molecule has 0 aromatic heterocycles. The van der Waals surface area contributed by atoms with Gasteiger partial charge in [-0.2, -0.15) is 5.26 Å². The second kappa shape index (κ2) is 10.1. The summed E-state index contributed by atoms with van der Waals surface area (Å²) in [6.45, 7) is 7.17. The molecule has 0 aliphatic rings. The van der Waals surface area contributed by atoms with E-state index in [0.717, 1.165) is 0 Å². The number of nitrogens with zero attached hydrogens (tertiary/aromatic N) is 2. The highest BCUT2D eigenvalue weighted by molar-refractivity contribution is 6.10. The van der Waals surface area contributed by atoms with E-state index >= 15 is 0 Å². The first-order valence-corrected chi connectivity index (χ1v) is 8.18. The van der Waals surface area contributed by atoms with Gasteiger partial charge in [0.05, 0.1) is 12.6 Å². The summed E-state index contributed by atoms with van der Waals surface area (Å²) in [5.74, 6) is -1.53. The fraction of sp³-hybridized carbons (Fsp3) is 0.0435. The molecule has 0 spiro atoms. The lowest BCUT2D eigenvalue weighted by molar-refractivity contribution is 0.0967. The monoisotopic (exact) mass is 352 g/mol. The first-order chi connectivity index (χ1) is 13.2. The van der Waals surface area contributed by atoms with Crippen molar-refractivity contribution in [2.75, 3.05) is 0 Å². The molecule has 1 unspecified atom stereocenters. The molecule has 0 radical (unpaired) electrons. The average Bonchev–Trinajstić information content (AvgIpc) is 2.74. The van der Waals surface area contributed by atoms with E-state index in [0.29, 0.717) is 11.1 Å². The zero-order valence-electron chi connectivity index (χ0n) is 14.4. The SMILES string of the molecule is [C-]#[N+]C(=CC=CC=CC(C#N)C(=O)c1ccccc1)C(=O)c1ccccc1. The number of allylic oxidation sites excluding steroid dienone is 6. The minimum Gasteiger partial charge on any atom is -0.302 e. The Balaban J connectivity index is 2.05. The van der Waals surface area contributed by atoms with Gasteiger partial charge in [-0.3, -0.25) is 4.79 Å². The van der Waals surface area contributed by atoms with Gasteiger partial charge in [0.15, 0.2) is 11.6 Å². The van der Waals surface area contributed by atoms with Crippen LogP contribution in [0, 0.1) is 23.8 Å². The van der Waals surface area contributed by atoms with Crippen molar-refractivity contribution in [3.63, 3.8) is 0 Å². The van der Waals surface area contributed by atoms with Crippen LogP contribution in [-0.2, 0) is 0 Å². The zero-order valence-corrected chi connectivity index (χ0v) is 14.4. The summed E-state index contributed by atoms with van der Waals surface area (Å²) in [4.78, 5) is 27.7. The van der Waals surface area contributed by atoms with Crippen LogP contribution in [0.5, 0.6) is 0 Å². The summed E-state index contributed by atoms with van der Waals surface area (Å²) in [5, 5.41) is 9.20. The van der Waals surface area contributed by atoms with Crippen molar-refractivity contribution in [2.45, 2.75) is 0 Å². The van der Waals surface area contributed by atoms with Crippen LogP contribution in [0.2, 0.25) is 0 Å². The molecular formula is C23H16N2O2. The Morgan fingerprint density at radius 3 is 2.07 bits per heavy atom. The Kier molecular flexibility index (Phi) is 7.21. The molecule has 0 fully saturated rings. The van der Waals surface area contributed by atoms with E-state index in [9.17, 15) is 14.9 Å². The molecule has 0 saturated carbocycles. The Labute approximate surface area is 158 Å². The molecule has 0 amide bonds. The Morgan fingerprint density at radius 2 is 1.52 bits per heavy atom. The number of benzene rings is 2. The lowest BCUT2D eigenvalue weighted by Crippen LogP contribution is -2.10. The summed E-state index contributed by atoms with van der Waals surface area (Å²) in [6.07, 6.45) is 7.56. The summed E-state index contributed by atoms with van der Waals surface area (Å²) >= 11 is 0. The fourth-order valence-corrected chi connectivity index (χ4v) is 2.26. The van der Waals surface area contributed by atoms with E-state index in [2.05, 4.69) is 4.85 Å². The van der Waals surface area contributed by atoms with Crippen LogP contribution in [0.4, 0.5) is 0 Å². The first kappa shape index (κ1) is 19.3. The van der Waals surface area contributed by atoms with Gasteiger partial charge >= 0.3 is 0 Å². The molecule has 0 aliphatic carbocycles. The van der Waals surface area contributed by atoms with Crippen LogP contribution in [0.1, 0.15) is 20.7 Å². The average molecular weight is 352 g/mol. The van der Waals surface area contributed by atoms with E-state index < -0.39 is 5.92 Å². The molecule has 27 heavy (non-hydrogen) atoms. The summed E-state index contributed by atoms with van der Waals surface area (Å²) < 4.78 is 0. The maximum absolute atomic E-state index is 12.2. The predicted molar refractivity (Wildman–Crippen MR) is 104 cm³/mol. The maximum atomic E-state index is 12.2. The lowest BCUT2D eigenvalue weighted by atomic mass is 9.98. The van der Waals surface area contributed by atoms with E-state index in [1.165, 1.54) is 18.2 Å². The van der Waals surface area contributed by atoms with Gasteiger partial charge in [-0.05, 0) is 0 Å². The number of Topliss-reactive ketones (excluding diaryl/α,β-unsaturated/α-hetero) is 2. The van der Waals surface area contributed by atoms with E-state index in [1.807, 2.05) is 6.07 Å².